The lowest BCUT2D eigenvalue weighted by Crippen LogP contribution is -2.52. The fraction of sp³-hybridized carbons (Fsp3) is 0.600. The van der Waals surface area contributed by atoms with E-state index in [0.717, 1.165) is 56.0 Å². The summed E-state index contributed by atoms with van der Waals surface area (Å²) in [5.41, 5.74) is 1.70. The molecule has 2 aliphatic rings. The first-order chi connectivity index (χ1) is 10.8. The molecule has 4 rings (SSSR count). The van der Waals surface area contributed by atoms with Crippen LogP contribution in [0.1, 0.15) is 19.8 Å². The minimum Gasteiger partial charge on any atom is -0.356 e. The molecular formula is C15H20N6O. The number of nitrogens with zero attached hydrogens (tertiary/aromatic N) is 5. The van der Waals surface area contributed by atoms with Crippen molar-refractivity contribution in [2.45, 2.75) is 26.3 Å². The van der Waals surface area contributed by atoms with Crippen molar-refractivity contribution in [2.24, 2.45) is 11.8 Å². The number of aryl methyl sites for hydroxylation is 1. The molecule has 2 saturated heterocycles. The van der Waals surface area contributed by atoms with Crippen LogP contribution in [-0.2, 0) is 11.3 Å². The van der Waals surface area contributed by atoms with Crippen molar-refractivity contribution < 1.29 is 4.79 Å². The molecule has 2 aliphatic heterocycles. The topological polar surface area (TPSA) is 75.9 Å². The molecule has 0 radical (unpaired) electrons. The molecule has 0 bridgehead atoms. The molecule has 7 nitrogen and oxygen atoms in total. The van der Waals surface area contributed by atoms with Gasteiger partial charge in [0.1, 0.15) is 6.33 Å². The summed E-state index contributed by atoms with van der Waals surface area (Å²) >= 11 is 0. The molecule has 2 aromatic heterocycles. The highest BCUT2D eigenvalue weighted by Gasteiger charge is 2.37. The number of amides is 1. The van der Waals surface area contributed by atoms with E-state index in [4.69, 9.17) is 0 Å². The summed E-state index contributed by atoms with van der Waals surface area (Å²) in [6, 6.07) is 0. The summed E-state index contributed by atoms with van der Waals surface area (Å²) in [7, 11) is 0. The average Bonchev–Trinajstić information content (AvgIpc) is 2.98. The summed E-state index contributed by atoms with van der Waals surface area (Å²) in [6.45, 7) is 5.38. The number of imidazole rings is 1. The van der Waals surface area contributed by atoms with Gasteiger partial charge in [-0.2, -0.15) is 0 Å². The predicted octanol–water partition coefficient (Wildman–Crippen LogP) is 0.809. The lowest BCUT2D eigenvalue weighted by molar-refractivity contribution is -0.129. The Hall–Kier alpha value is -2.18. The van der Waals surface area contributed by atoms with Crippen LogP contribution in [0.4, 0.5) is 5.82 Å². The standard InChI is InChI=1S/C15H20N6O/c1-2-20-9-19-12-13(20)17-8-18-14(12)21-6-4-10-3-5-16-15(22)11(10)7-21/h8-11H,2-7H2,1H3,(H,16,22)/t10-,11+/m0/s1. The number of nitrogens with one attached hydrogen (secondary N) is 1. The SMILES string of the molecule is CCn1cnc2c(N3CC[C@@H]4CCNC(=O)[C@@H]4C3)ncnc21. The van der Waals surface area contributed by atoms with Crippen LogP contribution in [-0.4, -0.2) is 45.1 Å². The Morgan fingerprint density at radius 1 is 1.32 bits per heavy atom. The molecule has 2 aromatic rings. The molecular weight excluding hydrogens is 280 g/mol. The second-order valence-corrected chi connectivity index (χ2v) is 6.08. The second-order valence-electron chi connectivity index (χ2n) is 6.08. The van der Waals surface area contributed by atoms with E-state index in [0.29, 0.717) is 5.92 Å². The van der Waals surface area contributed by atoms with Crippen molar-refractivity contribution in [3.63, 3.8) is 0 Å². The maximum Gasteiger partial charge on any atom is 0.225 e. The molecule has 22 heavy (non-hydrogen) atoms. The van der Waals surface area contributed by atoms with Gasteiger partial charge >= 0.3 is 0 Å². The Balaban J connectivity index is 1.67. The molecule has 1 amide bonds. The van der Waals surface area contributed by atoms with Crippen LogP contribution in [0.25, 0.3) is 11.2 Å². The number of piperidine rings is 2. The fourth-order valence-electron chi connectivity index (χ4n) is 3.68. The van der Waals surface area contributed by atoms with Crippen molar-refractivity contribution in [1.29, 1.82) is 0 Å². The number of carbonyl (C=O) groups excluding carboxylic acids is 1. The Labute approximate surface area is 128 Å². The first-order valence-corrected chi connectivity index (χ1v) is 7.96. The number of anilines is 1. The Bertz CT molecular complexity index is 711. The second kappa shape index (κ2) is 5.23. The van der Waals surface area contributed by atoms with E-state index in [9.17, 15) is 4.79 Å². The van der Waals surface area contributed by atoms with E-state index in [1.807, 2.05) is 10.9 Å². The van der Waals surface area contributed by atoms with Gasteiger partial charge in [0.15, 0.2) is 17.0 Å². The van der Waals surface area contributed by atoms with Crippen LogP contribution in [0.2, 0.25) is 0 Å². The molecule has 4 heterocycles. The minimum atomic E-state index is 0.0702. The number of rotatable bonds is 2. The third-order valence-corrected chi connectivity index (χ3v) is 4.93. The Kier molecular flexibility index (Phi) is 3.20. The number of aromatic nitrogens is 4. The van der Waals surface area contributed by atoms with Gasteiger partial charge in [-0.15, -0.1) is 0 Å². The molecule has 7 heteroatoms. The van der Waals surface area contributed by atoms with Crippen molar-refractivity contribution in [3.05, 3.63) is 12.7 Å². The lowest BCUT2D eigenvalue weighted by Gasteiger charge is -2.40. The van der Waals surface area contributed by atoms with Crippen molar-refractivity contribution >= 4 is 22.9 Å². The molecule has 2 atom stereocenters. The normalized spacial score (nSPS) is 25.1. The summed E-state index contributed by atoms with van der Waals surface area (Å²) < 4.78 is 2.01. The van der Waals surface area contributed by atoms with Gasteiger partial charge in [-0.3, -0.25) is 4.79 Å². The van der Waals surface area contributed by atoms with Crippen molar-refractivity contribution in [1.82, 2.24) is 24.8 Å². The van der Waals surface area contributed by atoms with Crippen LogP contribution in [0.5, 0.6) is 0 Å². The number of hydrogen-bond donors (Lipinski definition) is 1. The van der Waals surface area contributed by atoms with E-state index in [-0.39, 0.29) is 11.8 Å². The van der Waals surface area contributed by atoms with Gasteiger partial charge in [-0.25, -0.2) is 15.0 Å². The van der Waals surface area contributed by atoms with Crippen LogP contribution in [0.3, 0.4) is 0 Å². The Morgan fingerprint density at radius 2 is 2.23 bits per heavy atom. The molecule has 0 aromatic carbocycles. The summed E-state index contributed by atoms with van der Waals surface area (Å²) in [5, 5.41) is 2.99. The minimum absolute atomic E-state index is 0.0702. The molecule has 0 unspecified atom stereocenters. The van der Waals surface area contributed by atoms with E-state index < -0.39 is 0 Å². The summed E-state index contributed by atoms with van der Waals surface area (Å²) in [6.07, 6.45) is 5.54. The fourth-order valence-corrected chi connectivity index (χ4v) is 3.68. The van der Waals surface area contributed by atoms with Gasteiger partial charge in [0.25, 0.3) is 0 Å². The van der Waals surface area contributed by atoms with E-state index in [1.54, 1.807) is 6.33 Å². The monoisotopic (exact) mass is 300 g/mol. The first kappa shape index (κ1) is 13.5. The highest BCUT2D eigenvalue weighted by atomic mass is 16.2. The van der Waals surface area contributed by atoms with Gasteiger partial charge in [-0.1, -0.05) is 0 Å². The molecule has 0 spiro atoms. The smallest absolute Gasteiger partial charge is 0.225 e. The van der Waals surface area contributed by atoms with Crippen LogP contribution in [0, 0.1) is 11.8 Å². The van der Waals surface area contributed by atoms with Gasteiger partial charge < -0.3 is 14.8 Å². The zero-order chi connectivity index (χ0) is 15.1. The van der Waals surface area contributed by atoms with Crippen LogP contribution in [0.15, 0.2) is 12.7 Å². The first-order valence-electron chi connectivity index (χ1n) is 7.96. The number of hydrogen-bond acceptors (Lipinski definition) is 5. The summed E-state index contributed by atoms with van der Waals surface area (Å²) in [4.78, 5) is 27.6. The van der Waals surface area contributed by atoms with Crippen LogP contribution < -0.4 is 10.2 Å². The quantitative estimate of drug-likeness (QED) is 0.888. The molecule has 116 valence electrons. The zero-order valence-electron chi connectivity index (χ0n) is 12.7. The van der Waals surface area contributed by atoms with Gasteiger partial charge in [0.05, 0.1) is 12.2 Å². The Morgan fingerprint density at radius 3 is 3.09 bits per heavy atom. The lowest BCUT2D eigenvalue weighted by atomic mass is 9.80. The van der Waals surface area contributed by atoms with E-state index >= 15 is 0 Å². The summed E-state index contributed by atoms with van der Waals surface area (Å²) in [5.74, 6) is 1.62. The zero-order valence-corrected chi connectivity index (χ0v) is 12.7. The highest BCUT2D eigenvalue weighted by Crippen LogP contribution is 2.32. The van der Waals surface area contributed by atoms with Crippen molar-refractivity contribution in [3.8, 4) is 0 Å². The van der Waals surface area contributed by atoms with Gasteiger partial charge in [0.2, 0.25) is 5.91 Å². The average molecular weight is 300 g/mol. The highest BCUT2D eigenvalue weighted by molar-refractivity contribution is 5.85. The van der Waals surface area contributed by atoms with Gasteiger partial charge in [-0.05, 0) is 25.7 Å². The molecule has 0 saturated carbocycles. The van der Waals surface area contributed by atoms with Gasteiger partial charge in [0, 0.05) is 26.2 Å². The van der Waals surface area contributed by atoms with Crippen molar-refractivity contribution in [2.75, 3.05) is 24.5 Å². The van der Waals surface area contributed by atoms with Crippen LogP contribution >= 0.6 is 0 Å². The predicted molar refractivity (Wildman–Crippen MR) is 82.4 cm³/mol. The van der Waals surface area contributed by atoms with E-state index in [1.165, 1.54) is 0 Å². The molecule has 2 fully saturated rings. The van der Waals surface area contributed by atoms with E-state index in [2.05, 4.69) is 32.1 Å². The molecule has 0 aliphatic carbocycles. The molecule has 1 N–H and O–H groups in total. The number of carbonyl (C=O) groups is 1. The largest absolute Gasteiger partial charge is 0.356 e. The maximum atomic E-state index is 12.1. The third kappa shape index (κ3) is 2.03. The maximum absolute atomic E-state index is 12.1. The third-order valence-electron chi connectivity index (χ3n) is 4.93. The number of fused-ring (bicyclic) bond motifs is 2.